The van der Waals surface area contributed by atoms with Crippen LogP contribution in [0, 0.1) is 6.92 Å². The number of halogens is 6. The van der Waals surface area contributed by atoms with Gasteiger partial charge in [0.2, 0.25) is 0 Å². The molecule has 2 aromatic rings. The quantitative estimate of drug-likeness (QED) is 0.540. The molecule has 0 aromatic heterocycles. The Morgan fingerprint density at radius 1 is 0.733 bits per heavy atom. The molecule has 0 saturated carbocycles. The van der Waals surface area contributed by atoms with Gasteiger partial charge in [0.25, 0.3) is 0 Å². The topological polar surface area (TPSA) is 6.48 Å². The van der Waals surface area contributed by atoms with E-state index < -0.39 is 29.0 Å². The summed E-state index contributed by atoms with van der Waals surface area (Å²) >= 11 is 0. The van der Waals surface area contributed by atoms with E-state index in [1.165, 1.54) is 0 Å². The molecule has 1 radical (unpaired) electrons. The summed E-state index contributed by atoms with van der Waals surface area (Å²) in [6.45, 7) is 4.21. The number of benzene rings is 2. The standard InChI is InChI=1S/C22H19F6N2/c1-20(17-6-4-3-5-7-17,30-10-8-29(2)9-11-30)15-16-12-18(21(23,24)25)14-19(13-16)22(26,27)28/h3-14H,1,15H2,2H3. The van der Waals surface area contributed by atoms with Crippen LogP contribution in [0.4, 0.5) is 26.3 Å². The average Bonchev–Trinajstić information content (AvgIpc) is 2.67. The van der Waals surface area contributed by atoms with Crippen LogP contribution >= 0.6 is 0 Å². The molecule has 159 valence electrons. The zero-order valence-corrected chi connectivity index (χ0v) is 16.0. The molecule has 8 heteroatoms. The maximum Gasteiger partial charge on any atom is 0.416 e. The van der Waals surface area contributed by atoms with Crippen molar-refractivity contribution in [3.05, 3.63) is 103 Å². The summed E-state index contributed by atoms with van der Waals surface area (Å²) in [5.74, 6) is 0. The number of alkyl halides is 6. The van der Waals surface area contributed by atoms with Gasteiger partial charge in [-0.05, 0) is 36.2 Å². The van der Waals surface area contributed by atoms with Crippen LogP contribution in [0.3, 0.4) is 0 Å². The Balaban J connectivity index is 2.11. The fraction of sp³-hybridized carbons (Fsp3) is 0.227. The first-order chi connectivity index (χ1) is 13.9. The lowest BCUT2D eigenvalue weighted by Gasteiger charge is -2.41. The smallest absolute Gasteiger partial charge is 0.354 e. The molecule has 2 nitrogen and oxygen atoms in total. The molecule has 1 heterocycles. The summed E-state index contributed by atoms with van der Waals surface area (Å²) in [5.41, 5.74) is -3.31. The molecule has 1 aliphatic heterocycles. The first kappa shape index (κ1) is 21.8. The highest BCUT2D eigenvalue weighted by Crippen LogP contribution is 2.39. The summed E-state index contributed by atoms with van der Waals surface area (Å²) in [6.07, 6.45) is -3.19. The molecule has 0 fully saturated rings. The summed E-state index contributed by atoms with van der Waals surface area (Å²) in [5, 5.41) is 0. The molecule has 1 atom stereocenters. The molecule has 3 rings (SSSR count). The molecule has 0 amide bonds. The lowest BCUT2D eigenvalue weighted by atomic mass is 9.83. The van der Waals surface area contributed by atoms with Crippen LogP contribution in [0.25, 0.3) is 0 Å². The Labute approximate surface area is 170 Å². The number of hydrogen-bond acceptors (Lipinski definition) is 2. The molecule has 1 aliphatic rings. The number of hydrogen-bond donors (Lipinski definition) is 0. The minimum atomic E-state index is -4.90. The maximum atomic E-state index is 13.3. The number of rotatable bonds is 4. The molecule has 1 unspecified atom stereocenters. The minimum Gasteiger partial charge on any atom is -0.354 e. The predicted octanol–water partition coefficient (Wildman–Crippen LogP) is 6.19. The Kier molecular flexibility index (Phi) is 5.62. The Morgan fingerprint density at radius 3 is 1.70 bits per heavy atom. The molecule has 0 aliphatic carbocycles. The van der Waals surface area contributed by atoms with Gasteiger partial charge in [-0.2, -0.15) is 26.3 Å². The van der Waals surface area contributed by atoms with Gasteiger partial charge in [0.1, 0.15) is 0 Å². The van der Waals surface area contributed by atoms with Crippen molar-refractivity contribution >= 4 is 0 Å². The zero-order chi connectivity index (χ0) is 22.2. The van der Waals surface area contributed by atoms with Gasteiger partial charge in [-0.25, -0.2) is 0 Å². The highest BCUT2D eigenvalue weighted by molar-refractivity contribution is 5.38. The minimum absolute atomic E-state index is 0.114. The van der Waals surface area contributed by atoms with Crippen molar-refractivity contribution in [1.29, 1.82) is 0 Å². The Morgan fingerprint density at radius 2 is 1.23 bits per heavy atom. The van der Waals surface area contributed by atoms with E-state index in [2.05, 4.69) is 6.92 Å². The van der Waals surface area contributed by atoms with E-state index >= 15 is 0 Å². The van der Waals surface area contributed by atoms with Crippen LogP contribution in [-0.4, -0.2) is 16.8 Å². The maximum absolute atomic E-state index is 13.3. The van der Waals surface area contributed by atoms with Crippen molar-refractivity contribution < 1.29 is 26.3 Å². The van der Waals surface area contributed by atoms with Gasteiger partial charge >= 0.3 is 12.4 Å². The third-order valence-corrected chi connectivity index (χ3v) is 4.87. The van der Waals surface area contributed by atoms with Crippen LogP contribution < -0.4 is 0 Å². The van der Waals surface area contributed by atoms with Crippen LogP contribution in [0.2, 0.25) is 0 Å². The number of nitrogens with zero attached hydrogens (tertiary/aromatic N) is 2. The zero-order valence-electron chi connectivity index (χ0n) is 16.0. The summed E-state index contributed by atoms with van der Waals surface area (Å²) in [6, 6.07) is 10.4. The summed E-state index contributed by atoms with van der Waals surface area (Å²) < 4.78 is 79.6. The van der Waals surface area contributed by atoms with E-state index in [0.29, 0.717) is 5.56 Å². The first-order valence-electron chi connectivity index (χ1n) is 8.96. The van der Waals surface area contributed by atoms with Crippen molar-refractivity contribution in [3.63, 3.8) is 0 Å². The van der Waals surface area contributed by atoms with Crippen molar-refractivity contribution in [1.82, 2.24) is 9.80 Å². The molecular formula is C22H19F6N2. The van der Waals surface area contributed by atoms with Crippen LogP contribution in [0.15, 0.2) is 73.3 Å². The highest BCUT2D eigenvalue weighted by Gasteiger charge is 2.39. The third-order valence-electron chi connectivity index (χ3n) is 4.87. The monoisotopic (exact) mass is 425 g/mol. The van der Waals surface area contributed by atoms with Gasteiger partial charge in [0, 0.05) is 38.3 Å². The van der Waals surface area contributed by atoms with Gasteiger partial charge in [-0.1, -0.05) is 30.3 Å². The largest absolute Gasteiger partial charge is 0.416 e. The SMILES string of the molecule is [CH2]C(Cc1cc(C(F)(F)F)cc(C(F)(F)F)c1)(c1ccccc1)N1C=CN(C)C=C1. The fourth-order valence-electron chi connectivity index (χ4n) is 3.29. The molecule has 0 saturated heterocycles. The Hall–Kier alpha value is -2.90. The molecule has 2 aromatic carbocycles. The Bertz CT molecular complexity index is 900. The van der Waals surface area contributed by atoms with Crippen LogP contribution in [0.5, 0.6) is 0 Å². The molecule has 0 spiro atoms. The van der Waals surface area contributed by atoms with E-state index in [1.807, 2.05) is 0 Å². The van der Waals surface area contributed by atoms with E-state index in [0.717, 1.165) is 12.1 Å². The van der Waals surface area contributed by atoms with Crippen LogP contribution in [0.1, 0.15) is 22.3 Å². The molecule has 0 bridgehead atoms. The second-order valence-corrected chi connectivity index (χ2v) is 7.16. The molecule has 30 heavy (non-hydrogen) atoms. The molecular weight excluding hydrogens is 406 g/mol. The predicted molar refractivity (Wildman–Crippen MR) is 102 cm³/mol. The van der Waals surface area contributed by atoms with Gasteiger partial charge in [-0.15, -0.1) is 0 Å². The van der Waals surface area contributed by atoms with Crippen LogP contribution in [-0.2, 0) is 24.3 Å². The lowest BCUT2D eigenvalue weighted by molar-refractivity contribution is -0.143. The van der Waals surface area contributed by atoms with Crippen molar-refractivity contribution in [2.75, 3.05) is 7.05 Å². The van der Waals surface area contributed by atoms with Gasteiger partial charge < -0.3 is 9.80 Å². The third kappa shape index (κ3) is 4.63. The fourth-order valence-corrected chi connectivity index (χ4v) is 3.29. The highest BCUT2D eigenvalue weighted by atomic mass is 19.4. The van der Waals surface area contributed by atoms with E-state index in [1.54, 1.807) is 72.0 Å². The van der Waals surface area contributed by atoms with Crippen molar-refractivity contribution in [2.24, 2.45) is 0 Å². The normalized spacial score (nSPS) is 16.7. The summed E-state index contributed by atoms with van der Waals surface area (Å²) in [4.78, 5) is 3.43. The van der Waals surface area contributed by atoms with E-state index in [4.69, 9.17) is 0 Å². The second-order valence-electron chi connectivity index (χ2n) is 7.16. The van der Waals surface area contributed by atoms with E-state index in [-0.39, 0.29) is 18.1 Å². The van der Waals surface area contributed by atoms with E-state index in [9.17, 15) is 26.3 Å². The van der Waals surface area contributed by atoms with Crippen molar-refractivity contribution in [3.8, 4) is 0 Å². The first-order valence-corrected chi connectivity index (χ1v) is 8.96. The lowest BCUT2D eigenvalue weighted by Crippen LogP contribution is -2.41. The molecule has 0 N–H and O–H groups in total. The second kappa shape index (κ2) is 7.74. The average molecular weight is 425 g/mol. The van der Waals surface area contributed by atoms with Crippen molar-refractivity contribution in [2.45, 2.75) is 24.3 Å². The van der Waals surface area contributed by atoms with Gasteiger partial charge in [0.15, 0.2) is 0 Å². The van der Waals surface area contributed by atoms with Gasteiger partial charge in [0.05, 0.1) is 16.7 Å². The summed E-state index contributed by atoms with van der Waals surface area (Å²) in [7, 11) is 1.79. The van der Waals surface area contributed by atoms with Gasteiger partial charge in [-0.3, -0.25) is 0 Å².